The minimum Gasteiger partial charge on any atom is -0.494 e. The Bertz CT molecular complexity index is 892. The third-order valence-electron chi connectivity index (χ3n) is 6.32. The molecular formula is C26H35N3O3. The van der Waals surface area contributed by atoms with E-state index in [1.54, 1.807) is 0 Å². The van der Waals surface area contributed by atoms with E-state index in [1.165, 1.54) is 0 Å². The Hall–Kier alpha value is -2.73. The fourth-order valence-electron chi connectivity index (χ4n) is 4.31. The minimum absolute atomic E-state index is 0.0593. The van der Waals surface area contributed by atoms with Gasteiger partial charge in [-0.25, -0.2) is 0 Å². The Labute approximate surface area is 191 Å². The van der Waals surface area contributed by atoms with Gasteiger partial charge in [0.1, 0.15) is 18.1 Å². The second kappa shape index (κ2) is 10.7. The third-order valence-corrected chi connectivity index (χ3v) is 6.32. The molecule has 0 spiro atoms. The van der Waals surface area contributed by atoms with Gasteiger partial charge in [0.25, 0.3) is 5.91 Å². The van der Waals surface area contributed by atoms with Crippen LogP contribution in [-0.4, -0.2) is 56.2 Å². The van der Waals surface area contributed by atoms with Gasteiger partial charge >= 0.3 is 0 Å². The highest BCUT2D eigenvalue weighted by atomic mass is 16.5. The monoisotopic (exact) mass is 437 g/mol. The molecule has 2 aromatic carbocycles. The summed E-state index contributed by atoms with van der Waals surface area (Å²) in [5, 5.41) is 6.87. The Morgan fingerprint density at radius 2 is 1.91 bits per heavy atom. The first-order valence-electron chi connectivity index (χ1n) is 11.9. The number of carbonyl (C=O) groups excluding carboxylic acids is 1. The van der Waals surface area contributed by atoms with Crippen molar-refractivity contribution < 1.29 is 14.3 Å². The third kappa shape index (κ3) is 5.74. The van der Waals surface area contributed by atoms with Crippen molar-refractivity contribution in [2.24, 2.45) is 0 Å². The lowest BCUT2D eigenvalue weighted by Gasteiger charge is -2.32. The molecule has 1 saturated heterocycles. The summed E-state index contributed by atoms with van der Waals surface area (Å²) in [4.78, 5) is 15.2. The summed E-state index contributed by atoms with van der Waals surface area (Å²) in [7, 11) is 2.18. The van der Waals surface area contributed by atoms with Crippen molar-refractivity contribution in [1.29, 1.82) is 0 Å². The van der Waals surface area contributed by atoms with E-state index in [9.17, 15) is 4.79 Å². The summed E-state index contributed by atoms with van der Waals surface area (Å²) >= 11 is 0. The zero-order valence-corrected chi connectivity index (χ0v) is 19.2. The highest BCUT2D eigenvalue weighted by Crippen LogP contribution is 2.32. The number of amides is 1. The molecule has 0 bridgehead atoms. The van der Waals surface area contributed by atoms with Crippen LogP contribution in [0.1, 0.15) is 48.5 Å². The summed E-state index contributed by atoms with van der Waals surface area (Å²) < 4.78 is 11.7. The standard InChI is InChI=1S/C26H35N3O3/c1-3-4-16-31-22-10-8-19(9-11-22)26(30)28-21-17-23-24(6-5-7-25(23)32-18-21)27-20-12-14-29(2)15-13-20/h5-11,20-21,27H,3-4,12-18H2,1-2H3,(H,28,30)/t21-/m0/s1. The van der Waals surface area contributed by atoms with Gasteiger partial charge in [0.05, 0.1) is 12.6 Å². The van der Waals surface area contributed by atoms with Crippen molar-refractivity contribution in [2.45, 2.75) is 51.1 Å². The molecule has 0 unspecified atom stereocenters. The number of piperidine rings is 1. The van der Waals surface area contributed by atoms with Gasteiger partial charge in [-0.15, -0.1) is 0 Å². The number of hydrogen-bond acceptors (Lipinski definition) is 5. The molecule has 2 N–H and O–H groups in total. The summed E-state index contributed by atoms with van der Waals surface area (Å²) in [5.74, 6) is 1.64. The first-order chi connectivity index (χ1) is 15.6. The molecule has 1 atom stereocenters. The molecule has 6 heteroatoms. The van der Waals surface area contributed by atoms with E-state index in [4.69, 9.17) is 9.47 Å². The van der Waals surface area contributed by atoms with Gasteiger partial charge in [0.2, 0.25) is 0 Å². The average Bonchev–Trinajstić information content (AvgIpc) is 2.81. The molecule has 0 radical (unpaired) electrons. The molecule has 2 aromatic rings. The molecule has 0 aliphatic carbocycles. The first-order valence-corrected chi connectivity index (χ1v) is 11.9. The lowest BCUT2D eigenvalue weighted by molar-refractivity contribution is 0.0915. The molecule has 32 heavy (non-hydrogen) atoms. The van der Waals surface area contributed by atoms with E-state index in [1.807, 2.05) is 36.4 Å². The van der Waals surface area contributed by atoms with Crippen molar-refractivity contribution in [3.63, 3.8) is 0 Å². The SMILES string of the molecule is CCCCOc1ccc(C(=O)N[C@@H]2COc3cccc(NC4CCN(C)CC4)c3C2)cc1. The quantitative estimate of drug-likeness (QED) is 0.609. The maximum Gasteiger partial charge on any atom is 0.251 e. The van der Waals surface area contributed by atoms with E-state index in [-0.39, 0.29) is 11.9 Å². The van der Waals surface area contributed by atoms with Crippen LogP contribution in [0.2, 0.25) is 0 Å². The summed E-state index contributed by atoms with van der Waals surface area (Å²) in [6.45, 7) is 5.55. The van der Waals surface area contributed by atoms with Crippen molar-refractivity contribution in [3.05, 3.63) is 53.6 Å². The van der Waals surface area contributed by atoms with Crippen LogP contribution < -0.4 is 20.1 Å². The van der Waals surface area contributed by atoms with Crippen molar-refractivity contribution in [3.8, 4) is 11.5 Å². The number of anilines is 1. The normalized spacial score (nSPS) is 19.0. The Morgan fingerprint density at radius 3 is 2.66 bits per heavy atom. The highest BCUT2D eigenvalue weighted by molar-refractivity contribution is 5.94. The number of carbonyl (C=O) groups is 1. The number of nitrogens with zero attached hydrogens (tertiary/aromatic N) is 1. The van der Waals surface area contributed by atoms with E-state index in [2.05, 4.69) is 35.6 Å². The zero-order valence-electron chi connectivity index (χ0n) is 19.2. The second-order valence-corrected chi connectivity index (χ2v) is 8.92. The fraction of sp³-hybridized carbons (Fsp3) is 0.500. The molecule has 6 nitrogen and oxygen atoms in total. The van der Waals surface area contributed by atoms with Crippen LogP contribution in [0.3, 0.4) is 0 Å². The fourth-order valence-corrected chi connectivity index (χ4v) is 4.31. The molecule has 172 valence electrons. The van der Waals surface area contributed by atoms with E-state index in [0.717, 1.165) is 67.9 Å². The Kier molecular flexibility index (Phi) is 7.53. The number of rotatable bonds is 8. The van der Waals surface area contributed by atoms with Gasteiger partial charge in [-0.1, -0.05) is 19.4 Å². The number of hydrogen-bond donors (Lipinski definition) is 2. The predicted molar refractivity (Wildman–Crippen MR) is 128 cm³/mol. The number of ether oxygens (including phenoxy) is 2. The van der Waals surface area contributed by atoms with Crippen LogP contribution in [0, 0.1) is 0 Å². The molecule has 2 aliphatic heterocycles. The molecule has 2 aliphatic rings. The molecule has 1 amide bonds. The van der Waals surface area contributed by atoms with Crippen LogP contribution in [0.4, 0.5) is 5.69 Å². The molecule has 0 aromatic heterocycles. The Morgan fingerprint density at radius 1 is 1.12 bits per heavy atom. The van der Waals surface area contributed by atoms with Gasteiger partial charge in [-0.05, 0) is 75.8 Å². The lowest BCUT2D eigenvalue weighted by Crippen LogP contribution is -2.43. The summed E-state index contributed by atoms with van der Waals surface area (Å²) in [5.41, 5.74) is 2.92. The smallest absolute Gasteiger partial charge is 0.251 e. The largest absolute Gasteiger partial charge is 0.494 e. The minimum atomic E-state index is -0.0806. The maximum atomic E-state index is 12.8. The lowest BCUT2D eigenvalue weighted by atomic mass is 9.98. The highest BCUT2D eigenvalue weighted by Gasteiger charge is 2.25. The number of fused-ring (bicyclic) bond motifs is 1. The summed E-state index contributed by atoms with van der Waals surface area (Å²) in [6.07, 6.45) is 5.16. The van der Waals surface area contributed by atoms with Crippen LogP contribution in [0.5, 0.6) is 11.5 Å². The number of likely N-dealkylation sites (tertiary alicyclic amines) is 1. The molecule has 1 fully saturated rings. The van der Waals surface area contributed by atoms with Crippen molar-refractivity contribution in [1.82, 2.24) is 10.2 Å². The maximum absolute atomic E-state index is 12.8. The van der Waals surface area contributed by atoms with Crippen LogP contribution in [-0.2, 0) is 6.42 Å². The van der Waals surface area contributed by atoms with Gasteiger partial charge in [0, 0.05) is 29.3 Å². The van der Waals surface area contributed by atoms with Gasteiger partial charge in [0.15, 0.2) is 0 Å². The molecule has 2 heterocycles. The molecule has 4 rings (SSSR count). The van der Waals surface area contributed by atoms with Gasteiger partial charge in [-0.3, -0.25) is 4.79 Å². The second-order valence-electron chi connectivity index (χ2n) is 8.92. The number of benzene rings is 2. The van der Waals surface area contributed by atoms with Crippen molar-refractivity contribution in [2.75, 3.05) is 38.7 Å². The van der Waals surface area contributed by atoms with E-state index in [0.29, 0.717) is 24.8 Å². The van der Waals surface area contributed by atoms with Gasteiger partial charge < -0.3 is 25.0 Å². The van der Waals surface area contributed by atoms with E-state index >= 15 is 0 Å². The zero-order chi connectivity index (χ0) is 22.3. The molecular weight excluding hydrogens is 402 g/mol. The number of unbranched alkanes of at least 4 members (excludes halogenated alkanes) is 1. The predicted octanol–water partition coefficient (Wildman–Crippen LogP) is 4.11. The first kappa shape index (κ1) is 22.5. The van der Waals surface area contributed by atoms with Crippen LogP contribution in [0.25, 0.3) is 0 Å². The van der Waals surface area contributed by atoms with Crippen LogP contribution >= 0.6 is 0 Å². The Balaban J connectivity index is 1.36. The van der Waals surface area contributed by atoms with Crippen molar-refractivity contribution >= 4 is 11.6 Å². The topological polar surface area (TPSA) is 62.8 Å². The van der Waals surface area contributed by atoms with E-state index < -0.39 is 0 Å². The number of nitrogens with one attached hydrogen (secondary N) is 2. The average molecular weight is 438 g/mol. The summed E-state index contributed by atoms with van der Waals surface area (Å²) in [6, 6.07) is 14.0. The van der Waals surface area contributed by atoms with Gasteiger partial charge in [-0.2, -0.15) is 0 Å². The van der Waals surface area contributed by atoms with Crippen LogP contribution in [0.15, 0.2) is 42.5 Å². The molecule has 0 saturated carbocycles.